The zero-order valence-electron chi connectivity index (χ0n) is 11.4. The largest absolute Gasteiger partial charge is 0.302 e. The molecule has 3 rings (SSSR count). The molecule has 0 spiro atoms. The zero-order valence-corrected chi connectivity index (χ0v) is 13.0. The molecule has 0 unspecified atom stereocenters. The second kappa shape index (κ2) is 6.41. The van der Waals surface area contributed by atoms with Crippen molar-refractivity contribution >= 4 is 34.0 Å². The molecule has 1 N–H and O–H groups in total. The Morgan fingerprint density at radius 2 is 2.19 bits per heavy atom. The number of allylic oxidation sites excluding steroid dienone is 2. The summed E-state index contributed by atoms with van der Waals surface area (Å²) in [5.74, 6) is 0.407. The first-order chi connectivity index (χ1) is 10.2. The highest BCUT2D eigenvalue weighted by Gasteiger charge is 2.15. The van der Waals surface area contributed by atoms with E-state index in [4.69, 9.17) is 11.6 Å². The van der Waals surface area contributed by atoms with Crippen LogP contribution in [-0.4, -0.2) is 10.9 Å². The number of carbonyl (C=O) groups is 1. The zero-order chi connectivity index (χ0) is 14.7. The molecule has 0 saturated carbocycles. The number of thiazole rings is 1. The predicted octanol–water partition coefficient (Wildman–Crippen LogP) is 4.76. The number of amides is 1. The number of halogens is 1. The van der Waals surface area contributed by atoms with Gasteiger partial charge in [-0.25, -0.2) is 4.98 Å². The molecule has 3 nitrogen and oxygen atoms in total. The van der Waals surface area contributed by atoms with Crippen molar-refractivity contribution in [2.24, 2.45) is 5.92 Å². The smallest absolute Gasteiger partial charge is 0.226 e. The number of aromatic nitrogens is 1. The summed E-state index contributed by atoms with van der Waals surface area (Å²) in [4.78, 5) is 16.4. The molecular weight excluding hydrogens is 304 g/mol. The fourth-order valence-electron chi connectivity index (χ4n) is 2.36. The molecule has 5 heteroatoms. The molecular formula is C16H15ClN2OS. The molecule has 1 amide bonds. The van der Waals surface area contributed by atoms with E-state index in [-0.39, 0.29) is 5.91 Å². The number of hydrogen-bond acceptors (Lipinski definition) is 3. The van der Waals surface area contributed by atoms with Crippen molar-refractivity contribution in [2.45, 2.75) is 19.3 Å². The van der Waals surface area contributed by atoms with Gasteiger partial charge in [-0.05, 0) is 30.9 Å². The predicted molar refractivity (Wildman–Crippen MR) is 87.7 cm³/mol. The van der Waals surface area contributed by atoms with Crippen LogP contribution >= 0.6 is 22.9 Å². The minimum Gasteiger partial charge on any atom is -0.302 e. The van der Waals surface area contributed by atoms with Gasteiger partial charge in [0, 0.05) is 22.4 Å². The van der Waals surface area contributed by atoms with Gasteiger partial charge in [-0.15, -0.1) is 11.3 Å². The van der Waals surface area contributed by atoms with Crippen LogP contribution in [0, 0.1) is 5.92 Å². The van der Waals surface area contributed by atoms with Gasteiger partial charge in [-0.1, -0.05) is 35.9 Å². The lowest BCUT2D eigenvalue weighted by Gasteiger charge is -2.06. The van der Waals surface area contributed by atoms with E-state index in [1.165, 1.54) is 11.3 Å². The standard InChI is InChI=1S/C16H15ClN2OS/c17-13-7-5-12(6-8-13)14-10-21-16(18-14)19-15(20)9-11-3-1-2-4-11/h1,3,5-8,10-11H,2,4,9H2,(H,18,19,20)/t11-/m0/s1. The van der Waals surface area contributed by atoms with Gasteiger partial charge in [0.05, 0.1) is 5.69 Å². The molecule has 0 saturated heterocycles. The number of rotatable bonds is 4. The summed E-state index contributed by atoms with van der Waals surface area (Å²) in [5.41, 5.74) is 1.85. The lowest BCUT2D eigenvalue weighted by Crippen LogP contribution is -2.14. The Labute approximate surface area is 132 Å². The summed E-state index contributed by atoms with van der Waals surface area (Å²) in [7, 11) is 0. The Morgan fingerprint density at radius 3 is 2.90 bits per heavy atom. The summed E-state index contributed by atoms with van der Waals surface area (Å²) < 4.78 is 0. The molecule has 0 radical (unpaired) electrons. The maximum Gasteiger partial charge on any atom is 0.226 e. The van der Waals surface area contributed by atoms with Crippen molar-refractivity contribution in [1.82, 2.24) is 4.98 Å². The van der Waals surface area contributed by atoms with Crippen molar-refractivity contribution in [3.05, 3.63) is 46.8 Å². The van der Waals surface area contributed by atoms with Crippen molar-refractivity contribution in [3.63, 3.8) is 0 Å². The second-order valence-electron chi connectivity index (χ2n) is 5.06. The lowest BCUT2D eigenvalue weighted by atomic mass is 10.1. The van der Waals surface area contributed by atoms with E-state index >= 15 is 0 Å². The SMILES string of the molecule is O=C(C[C@H]1C=CCC1)Nc1nc(-c2ccc(Cl)cc2)cs1. The van der Waals surface area contributed by atoms with Crippen molar-refractivity contribution < 1.29 is 4.79 Å². The maximum absolute atomic E-state index is 12.0. The maximum atomic E-state index is 12.0. The molecule has 1 aliphatic carbocycles. The van der Waals surface area contributed by atoms with E-state index in [0.29, 0.717) is 22.5 Å². The average Bonchev–Trinajstić information content (AvgIpc) is 3.11. The third kappa shape index (κ3) is 3.71. The van der Waals surface area contributed by atoms with Gasteiger partial charge < -0.3 is 5.32 Å². The molecule has 1 aromatic heterocycles. The van der Waals surface area contributed by atoms with E-state index in [1.807, 2.05) is 29.6 Å². The highest BCUT2D eigenvalue weighted by molar-refractivity contribution is 7.14. The van der Waals surface area contributed by atoms with E-state index in [2.05, 4.69) is 22.5 Å². The van der Waals surface area contributed by atoms with Crippen molar-refractivity contribution in [3.8, 4) is 11.3 Å². The molecule has 21 heavy (non-hydrogen) atoms. The molecule has 0 aliphatic heterocycles. The Bertz CT molecular complexity index is 663. The molecule has 1 aromatic carbocycles. The third-order valence-corrected chi connectivity index (χ3v) is 4.46. The quantitative estimate of drug-likeness (QED) is 0.826. The van der Waals surface area contributed by atoms with E-state index in [9.17, 15) is 4.79 Å². The van der Waals surface area contributed by atoms with Crippen LogP contribution in [-0.2, 0) is 4.79 Å². The van der Waals surface area contributed by atoms with Gasteiger partial charge in [0.15, 0.2) is 5.13 Å². The van der Waals surface area contributed by atoms with Crippen LogP contribution in [0.5, 0.6) is 0 Å². The summed E-state index contributed by atoms with van der Waals surface area (Å²) in [5, 5.41) is 6.16. The molecule has 1 heterocycles. The lowest BCUT2D eigenvalue weighted by molar-refractivity contribution is -0.116. The second-order valence-corrected chi connectivity index (χ2v) is 6.36. The molecule has 108 valence electrons. The van der Waals surface area contributed by atoms with Gasteiger partial charge in [0.25, 0.3) is 0 Å². The van der Waals surface area contributed by atoms with Gasteiger partial charge in [0.1, 0.15) is 0 Å². The van der Waals surface area contributed by atoms with E-state index < -0.39 is 0 Å². The van der Waals surface area contributed by atoms with Gasteiger partial charge >= 0.3 is 0 Å². The molecule has 1 atom stereocenters. The highest BCUT2D eigenvalue weighted by atomic mass is 35.5. The molecule has 2 aromatic rings. The van der Waals surface area contributed by atoms with Crippen LogP contribution in [0.15, 0.2) is 41.8 Å². The fourth-order valence-corrected chi connectivity index (χ4v) is 3.22. The van der Waals surface area contributed by atoms with Crippen LogP contribution in [0.25, 0.3) is 11.3 Å². The van der Waals surface area contributed by atoms with Crippen LogP contribution in [0.1, 0.15) is 19.3 Å². The number of nitrogens with one attached hydrogen (secondary N) is 1. The summed E-state index contributed by atoms with van der Waals surface area (Å²) in [6, 6.07) is 7.51. The van der Waals surface area contributed by atoms with Crippen LogP contribution in [0.2, 0.25) is 5.02 Å². The van der Waals surface area contributed by atoms with Crippen LogP contribution in [0.4, 0.5) is 5.13 Å². The third-order valence-electron chi connectivity index (χ3n) is 3.45. The minimum atomic E-state index is 0.0311. The molecule has 0 fully saturated rings. The Morgan fingerprint density at radius 1 is 1.38 bits per heavy atom. The van der Waals surface area contributed by atoms with Gasteiger partial charge in [0.2, 0.25) is 5.91 Å². The molecule has 0 bridgehead atoms. The first kappa shape index (κ1) is 14.3. The Balaban J connectivity index is 1.63. The van der Waals surface area contributed by atoms with Gasteiger partial charge in [-0.2, -0.15) is 0 Å². The van der Waals surface area contributed by atoms with Crippen molar-refractivity contribution in [2.75, 3.05) is 5.32 Å². The molecule has 1 aliphatic rings. The van der Waals surface area contributed by atoms with Crippen LogP contribution < -0.4 is 5.32 Å². The number of hydrogen-bond donors (Lipinski definition) is 1. The number of carbonyl (C=O) groups excluding carboxylic acids is 1. The minimum absolute atomic E-state index is 0.0311. The number of anilines is 1. The summed E-state index contributed by atoms with van der Waals surface area (Å²) in [6.07, 6.45) is 6.95. The Hall–Kier alpha value is -1.65. The number of benzene rings is 1. The highest BCUT2D eigenvalue weighted by Crippen LogP contribution is 2.27. The monoisotopic (exact) mass is 318 g/mol. The average molecular weight is 319 g/mol. The van der Waals surface area contributed by atoms with Gasteiger partial charge in [-0.3, -0.25) is 4.79 Å². The Kier molecular flexibility index (Phi) is 4.36. The normalized spacial score (nSPS) is 17.1. The first-order valence-corrected chi connectivity index (χ1v) is 8.14. The van der Waals surface area contributed by atoms with Crippen LogP contribution in [0.3, 0.4) is 0 Å². The van der Waals surface area contributed by atoms with Crippen molar-refractivity contribution in [1.29, 1.82) is 0 Å². The fraction of sp³-hybridized carbons (Fsp3) is 0.250. The topological polar surface area (TPSA) is 42.0 Å². The summed E-state index contributed by atoms with van der Waals surface area (Å²) in [6.45, 7) is 0. The first-order valence-electron chi connectivity index (χ1n) is 6.89. The number of nitrogens with zero attached hydrogens (tertiary/aromatic N) is 1. The van der Waals surface area contributed by atoms with E-state index in [0.717, 1.165) is 24.1 Å². The van der Waals surface area contributed by atoms with E-state index in [1.54, 1.807) is 0 Å². The summed E-state index contributed by atoms with van der Waals surface area (Å²) >= 11 is 7.31.